The molecule has 2 heterocycles. The molecule has 0 saturated heterocycles. The minimum atomic E-state index is -0.592. The molecule has 3 rings (SSSR count). The summed E-state index contributed by atoms with van der Waals surface area (Å²) in [6, 6.07) is 2.04. The number of nitrogens with one attached hydrogen (secondary N) is 1. The molecule has 1 N–H and O–H groups in total. The van der Waals surface area contributed by atoms with Crippen molar-refractivity contribution < 1.29 is 9.21 Å². The number of rotatable bonds is 5. The van der Waals surface area contributed by atoms with E-state index in [-0.39, 0.29) is 12.5 Å². The van der Waals surface area contributed by atoms with Crippen LogP contribution in [0.2, 0.25) is 0 Å². The largest absolute Gasteiger partial charge is 0.437 e. The lowest BCUT2D eigenvalue weighted by molar-refractivity contribution is -0.121. The number of thiophene rings is 1. The van der Waals surface area contributed by atoms with E-state index in [4.69, 9.17) is 4.42 Å². The number of carbonyl (C=O) groups is 1. The molecule has 0 aromatic carbocycles. The monoisotopic (exact) mass is 307 g/mol. The van der Waals surface area contributed by atoms with Crippen LogP contribution >= 0.6 is 11.3 Å². The number of hydrogen-bond donors (Lipinski definition) is 1. The highest BCUT2D eigenvalue weighted by molar-refractivity contribution is 7.15. The Morgan fingerprint density at radius 2 is 2.38 bits per heavy atom. The van der Waals surface area contributed by atoms with Crippen molar-refractivity contribution in [3.8, 4) is 10.8 Å². The first-order valence-electron chi connectivity index (χ1n) is 7.14. The Hall–Kier alpha value is -1.89. The zero-order chi connectivity index (χ0) is 14.8. The molecule has 0 fully saturated rings. The topological polar surface area (TPSA) is 77.1 Å². The highest BCUT2D eigenvalue weighted by atomic mass is 32.1. The van der Waals surface area contributed by atoms with Crippen molar-refractivity contribution in [3.05, 3.63) is 27.1 Å². The Morgan fingerprint density at radius 1 is 1.52 bits per heavy atom. The highest BCUT2D eigenvalue weighted by Crippen LogP contribution is 2.35. The quantitative estimate of drug-likeness (QED) is 0.910. The van der Waals surface area contributed by atoms with E-state index in [0.717, 1.165) is 28.8 Å². The molecule has 6 nitrogen and oxygen atoms in total. The van der Waals surface area contributed by atoms with E-state index in [1.807, 2.05) is 13.0 Å². The lowest BCUT2D eigenvalue weighted by atomic mass is 10.2. The predicted molar refractivity (Wildman–Crippen MR) is 79.4 cm³/mol. The molecule has 0 unspecified atom stereocenters. The normalized spacial score (nSPS) is 13.4. The van der Waals surface area contributed by atoms with E-state index >= 15 is 0 Å². The minimum absolute atomic E-state index is 0.104. The van der Waals surface area contributed by atoms with E-state index in [0.29, 0.717) is 12.4 Å². The average molecular weight is 307 g/mol. The molecule has 0 aliphatic heterocycles. The van der Waals surface area contributed by atoms with Crippen LogP contribution in [0.4, 0.5) is 0 Å². The summed E-state index contributed by atoms with van der Waals surface area (Å²) in [5.41, 5.74) is 1.33. The van der Waals surface area contributed by atoms with Gasteiger partial charge in [0, 0.05) is 11.4 Å². The third-order valence-corrected chi connectivity index (χ3v) is 4.65. The number of nitrogens with zero attached hydrogens (tertiary/aromatic N) is 2. The minimum Gasteiger partial charge on any atom is -0.387 e. The molecule has 1 amide bonds. The summed E-state index contributed by atoms with van der Waals surface area (Å²) in [4.78, 5) is 25.6. The summed E-state index contributed by atoms with van der Waals surface area (Å²) in [5, 5.41) is 6.84. The maximum atomic E-state index is 11.8. The smallest absolute Gasteiger partial charge is 0.387 e. The van der Waals surface area contributed by atoms with Gasteiger partial charge in [-0.3, -0.25) is 4.79 Å². The molecule has 0 spiro atoms. The third kappa shape index (κ3) is 2.92. The summed E-state index contributed by atoms with van der Waals surface area (Å²) in [5.74, 6) is -0.514. The summed E-state index contributed by atoms with van der Waals surface area (Å²) in [6.07, 6.45) is 4.21. The summed E-state index contributed by atoms with van der Waals surface area (Å²) >= 11 is 1.62. The fourth-order valence-corrected chi connectivity index (χ4v) is 3.57. The molecule has 1 aliphatic carbocycles. The van der Waals surface area contributed by atoms with Crippen molar-refractivity contribution >= 4 is 17.2 Å². The zero-order valence-corrected chi connectivity index (χ0v) is 12.7. The van der Waals surface area contributed by atoms with Crippen LogP contribution in [-0.2, 0) is 24.2 Å². The molecule has 21 heavy (non-hydrogen) atoms. The Morgan fingerprint density at radius 3 is 3.14 bits per heavy atom. The summed E-state index contributed by atoms with van der Waals surface area (Å²) in [6.45, 7) is 2.46. The van der Waals surface area contributed by atoms with Gasteiger partial charge in [0.05, 0.1) is 4.88 Å². The van der Waals surface area contributed by atoms with Gasteiger partial charge in [-0.2, -0.15) is 4.68 Å². The SMILES string of the molecule is CCCNC(=O)Cn1nc(-c2cc3c(s2)CCC3)oc1=O. The van der Waals surface area contributed by atoms with Gasteiger partial charge >= 0.3 is 5.76 Å². The third-order valence-electron chi connectivity index (χ3n) is 3.43. The number of carbonyl (C=O) groups excluding carboxylic acids is 1. The summed E-state index contributed by atoms with van der Waals surface area (Å²) in [7, 11) is 0. The molecule has 2 aromatic rings. The first-order valence-corrected chi connectivity index (χ1v) is 7.95. The fraction of sp³-hybridized carbons (Fsp3) is 0.500. The van der Waals surface area contributed by atoms with Gasteiger partial charge in [-0.25, -0.2) is 4.79 Å². The van der Waals surface area contributed by atoms with Crippen LogP contribution in [0.15, 0.2) is 15.3 Å². The summed E-state index contributed by atoms with van der Waals surface area (Å²) < 4.78 is 6.24. The Bertz CT molecular complexity index is 692. The molecule has 1 aliphatic rings. The number of aromatic nitrogens is 2. The van der Waals surface area contributed by atoms with Crippen molar-refractivity contribution in [1.29, 1.82) is 0 Å². The number of amides is 1. The number of fused-ring (bicyclic) bond motifs is 1. The Balaban J connectivity index is 1.77. The number of hydrogen-bond acceptors (Lipinski definition) is 5. The molecule has 112 valence electrons. The first kappa shape index (κ1) is 14.1. The van der Waals surface area contributed by atoms with Gasteiger partial charge in [0.1, 0.15) is 6.54 Å². The predicted octanol–water partition coefficient (Wildman–Crippen LogP) is 1.58. The molecule has 7 heteroatoms. The van der Waals surface area contributed by atoms with Crippen molar-refractivity contribution in [2.45, 2.75) is 39.2 Å². The van der Waals surface area contributed by atoms with E-state index < -0.39 is 5.76 Å². The fourth-order valence-electron chi connectivity index (χ4n) is 2.40. The van der Waals surface area contributed by atoms with E-state index in [1.54, 1.807) is 11.3 Å². The second-order valence-corrected chi connectivity index (χ2v) is 6.23. The van der Waals surface area contributed by atoms with Crippen LogP contribution in [-0.4, -0.2) is 22.2 Å². The van der Waals surface area contributed by atoms with Crippen LogP contribution in [0.25, 0.3) is 10.8 Å². The van der Waals surface area contributed by atoms with Crippen LogP contribution in [0.3, 0.4) is 0 Å². The first-order chi connectivity index (χ1) is 10.2. The zero-order valence-electron chi connectivity index (χ0n) is 11.8. The maximum Gasteiger partial charge on any atom is 0.437 e. The van der Waals surface area contributed by atoms with Gasteiger partial charge in [-0.1, -0.05) is 6.92 Å². The standard InChI is InChI=1S/C14H17N3O3S/c1-2-6-15-12(18)8-17-14(19)20-13(16-17)11-7-9-4-3-5-10(9)21-11/h7H,2-6,8H2,1H3,(H,15,18). The number of aryl methyl sites for hydroxylation is 2. The molecule has 0 bridgehead atoms. The molecule has 0 radical (unpaired) electrons. The van der Waals surface area contributed by atoms with Crippen molar-refractivity contribution in [1.82, 2.24) is 15.1 Å². The molecule has 0 saturated carbocycles. The Labute approximate surface area is 125 Å². The van der Waals surface area contributed by atoms with Crippen molar-refractivity contribution in [3.63, 3.8) is 0 Å². The lowest BCUT2D eigenvalue weighted by Crippen LogP contribution is -2.31. The van der Waals surface area contributed by atoms with Gasteiger partial charge < -0.3 is 9.73 Å². The lowest BCUT2D eigenvalue weighted by Gasteiger charge is -2.01. The van der Waals surface area contributed by atoms with Crippen LogP contribution < -0.4 is 11.1 Å². The van der Waals surface area contributed by atoms with Gasteiger partial charge in [0.15, 0.2) is 0 Å². The average Bonchev–Trinajstić information content (AvgIpc) is 3.11. The van der Waals surface area contributed by atoms with E-state index in [1.165, 1.54) is 16.9 Å². The molecular formula is C14H17N3O3S. The van der Waals surface area contributed by atoms with Gasteiger partial charge in [-0.15, -0.1) is 16.4 Å². The Kier molecular flexibility index (Phi) is 3.92. The van der Waals surface area contributed by atoms with Crippen LogP contribution in [0.1, 0.15) is 30.2 Å². The van der Waals surface area contributed by atoms with Gasteiger partial charge in [-0.05, 0) is 37.3 Å². The maximum absolute atomic E-state index is 11.8. The molecular weight excluding hydrogens is 290 g/mol. The second-order valence-electron chi connectivity index (χ2n) is 5.09. The molecule has 0 atom stereocenters. The van der Waals surface area contributed by atoms with E-state index in [9.17, 15) is 9.59 Å². The van der Waals surface area contributed by atoms with Gasteiger partial charge in [0.2, 0.25) is 5.91 Å². The molecule has 2 aromatic heterocycles. The van der Waals surface area contributed by atoms with Crippen molar-refractivity contribution in [2.75, 3.05) is 6.54 Å². The van der Waals surface area contributed by atoms with Crippen LogP contribution in [0.5, 0.6) is 0 Å². The highest BCUT2D eigenvalue weighted by Gasteiger charge is 2.19. The van der Waals surface area contributed by atoms with E-state index in [2.05, 4.69) is 10.4 Å². The van der Waals surface area contributed by atoms with Gasteiger partial charge in [0.25, 0.3) is 5.89 Å². The second kappa shape index (κ2) is 5.85. The van der Waals surface area contributed by atoms with Crippen LogP contribution in [0, 0.1) is 0 Å². The van der Waals surface area contributed by atoms with Crippen molar-refractivity contribution in [2.24, 2.45) is 0 Å².